The van der Waals surface area contributed by atoms with Crippen LogP contribution in [-0.4, -0.2) is 23.5 Å². The lowest BCUT2D eigenvalue weighted by molar-refractivity contribution is -0.115. The molecule has 0 saturated heterocycles. The van der Waals surface area contributed by atoms with Gasteiger partial charge in [-0.05, 0) is 31.4 Å². The minimum atomic E-state index is 0.0196. The molecule has 1 aromatic heterocycles. The standard InChI is InChI=1S/C13H19N3O/c1-10-8-14-7-6-12(10)16-13(17)9-15-11-4-2-3-5-11/h6-8,11,15H,2-5,9H2,1H3,(H,14,16,17). The normalized spacial score (nSPS) is 16.1. The third-order valence-electron chi connectivity index (χ3n) is 3.20. The molecule has 2 rings (SSSR count). The van der Waals surface area contributed by atoms with E-state index in [9.17, 15) is 4.79 Å². The van der Waals surface area contributed by atoms with Crippen molar-refractivity contribution in [2.45, 2.75) is 38.6 Å². The Labute approximate surface area is 102 Å². The number of pyridine rings is 1. The first-order valence-electron chi connectivity index (χ1n) is 6.19. The van der Waals surface area contributed by atoms with Crippen molar-refractivity contribution in [3.63, 3.8) is 0 Å². The molecule has 1 fully saturated rings. The number of hydrogen-bond acceptors (Lipinski definition) is 3. The predicted molar refractivity (Wildman–Crippen MR) is 67.9 cm³/mol. The lowest BCUT2D eigenvalue weighted by Gasteiger charge is -2.12. The van der Waals surface area contributed by atoms with Gasteiger partial charge in [0, 0.05) is 24.1 Å². The van der Waals surface area contributed by atoms with Crippen molar-refractivity contribution in [2.24, 2.45) is 0 Å². The summed E-state index contributed by atoms with van der Waals surface area (Å²) in [5, 5.41) is 6.19. The molecule has 0 aliphatic heterocycles. The van der Waals surface area contributed by atoms with Gasteiger partial charge in [0.2, 0.25) is 5.91 Å². The molecule has 17 heavy (non-hydrogen) atoms. The van der Waals surface area contributed by atoms with Gasteiger partial charge in [-0.1, -0.05) is 12.8 Å². The van der Waals surface area contributed by atoms with E-state index in [0.717, 1.165) is 11.3 Å². The van der Waals surface area contributed by atoms with Gasteiger partial charge in [0.1, 0.15) is 0 Å². The summed E-state index contributed by atoms with van der Waals surface area (Å²) in [4.78, 5) is 15.7. The van der Waals surface area contributed by atoms with E-state index < -0.39 is 0 Å². The molecule has 2 N–H and O–H groups in total. The van der Waals surface area contributed by atoms with Crippen LogP contribution in [-0.2, 0) is 4.79 Å². The van der Waals surface area contributed by atoms with E-state index in [1.54, 1.807) is 12.4 Å². The first kappa shape index (κ1) is 12.0. The maximum Gasteiger partial charge on any atom is 0.238 e. The zero-order valence-corrected chi connectivity index (χ0v) is 10.2. The Balaban J connectivity index is 1.79. The number of nitrogens with zero attached hydrogens (tertiary/aromatic N) is 1. The van der Waals surface area contributed by atoms with Gasteiger partial charge in [-0.15, -0.1) is 0 Å². The molecular formula is C13H19N3O. The molecule has 1 aromatic rings. The smallest absolute Gasteiger partial charge is 0.238 e. The first-order valence-corrected chi connectivity index (χ1v) is 6.19. The average molecular weight is 233 g/mol. The van der Waals surface area contributed by atoms with E-state index in [2.05, 4.69) is 15.6 Å². The molecule has 1 aliphatic rings. The van der Waals surface area contributed by atoms with E-state index in [4.69, 9.17) is 0 Å². The van der Waals surface area contributed by atoms with E-state index >= 15 is 0 Å². The Morgan fingerprint density at radius 2 is 2.24 bits per heavy atom. The van der Waals surface area contributed by atoms with E-state index in [1.165, 1.54) is 25.7 Å². The number of carbonyl (C=O) groups excluding carboxylic acids is 1. The number of anilines is 1. The van der Waals surface area contributed by atoms with Gasteiger partial charge < -0.3 is 10.6 Å². The zero-order valence-electron chi connectivity index (χ0n) is 10.2. The molecule has 0 bridgehead atoms. The Bertz CT molecular complexity index is 386. The molecule has 0 atom stereocenters. The molecule has 0 radical (unpaired) electrons. The minimum Gasteiger partial charge on any atom is -0.325 e. The highest BCUT2D eigenvalue weighted by Gasteiger charge is 2.15. The summed E-state index contributed by atoms with van der Waals surface area (Å²) < 4.78 is 0. The SMILES string of the molecule is Cc1cnccc1NC(=O)CNC1CCCC1. The topological polar surface area (TPSA) is 54.0 Å². The second-order valence-corrected chi connectivity index (χ2v) is 4.60. The Morgan fingerprint density at radius 1 is 1.47 bits per heavy atom. The average Bonchev–Trinajstić information content (AvgIpc) is 2.82. The van der Waals surface area contributed by atoms with E-state index in [-0.39, 0.29) is 5.91 Å². The largest absolute Gasteiger partial charge is 0.325 e. The van der Waals surface area contributed by atoms with Gasteiger partial charge in [-0.2, -0.15) is 0 Å². The fraction of sp³-hybridized carbons (Fsp3) is 0.538. The number of rotatable bonds is 4. The zero-order chi connectivity index (χ0) is 12.1. The van der Waals surface area contributed by atoms with Crippen LogP contribution in [0.1, 0.15) is 31.2 Å². The quantitative estimate of drug-likeness (QED) is 0.834. The summed E-state index contributed by atoms with van der Waals surface area (Å²) >= 11 is 0. The van der Waals surface area contributed by atoms with Crippen molar-refractivity contribution in [2.75, 3.05) is 11.9 Å². The van der Waals surface area contributed by atoms with Crippen LogP contribution in [0.25, 0.3) is 0 Å². The number of amides is 1. The third kappa shape index (κ3) is 3.53. The van der Waals surface area contributed by atoms with Crippen LogP contribution >= 0.6 is 0 Å². The highest BCUT2D eigenvalue weighted by Crippen LogP contribution is 2.17. The molecule has 4 nitrogen and oxygen atoms in total. The molecule has 1 amide bonds. The van der Waals surface area contributed by atoms with Crippen LogP contribution in [0.15, 0.2) is 18.5 Å². The first-order chi connectivity index (χ1) is 8.25. The van der Waals surface area contributed by atoms with Crippen molar-refractivity contribution < 1.29 is 4.79 Å². The molecule has 4 heteroatoms. The monoisotopic (exact) mass is 233 g/mol. The van der Waals surface area contributed by atoms with Crippen molar-refractivity contribution in [1.82, 2.24) is 10.3 Å². The summed E-state index contributed by atoms with van der Waals surface area (Å²) in [6.07, 6.45) is 8.39. The van der Waals surface area contributed by atoms with Crippen molar-refractivity contribution >= 4 is 11.6 Å². The molecule has 1 saturated carbocycles. The van der Waals surface area contributed by atoms with Crippen molar-refractivity contribution in [3.8, 4) is 0 Å². The van der Waals surface area contributed by atoms with Crippen LogP contribution in [0.4, 0.5) is 5.69 Å². The molecule has 1 heterocycles. The fourth-order valence-corrected chi connectivity index (χ4v) is 2.18. The fourth-order valence-electron chi connectivity index (χ4n) is 2.18. The van der Waals surface area contributed by atoms with Crippen LogP contribution in [0.3, 0.4) is 0 Å². The number of hydrogen-bond donors (Lipinski definition) is 2. The molecule has 0 unspecified atom stereocenters. The maximum absolute atomic E-state index is 11.7. The van der Waals surface area contributed by atoms with Crippen LogP contribution in [0.2, 0.25) is 0 Å². The molecule has 1 aliphatic carbocycles. The highest BCUT2D eigenvalue weighted by molar-refractivity contribution is 5.92. The number of nitrogens with one attached hydrogen (secondary N) is 2. The van der Waals surface area contributed by atoms with Gasteiger partial charge in [-0.25, -0.2) is 0 Å². The van der Waals surface area contributed by atoms with Crippen LogP contribution in [0.5, 0.6) is 0 Å². The third-order valence-corrected chi connectivity index (χ3v) is 3.20. The highest BCUT2D eigenvalue weighted by atomic mass is 16.1. The summed E-state index contributed by atoms with van der Waals surface area (Å²) in [6, 6.07) is 2.35. The van der Waals surface area contributed by atoms with Gasteiger partial charge in [-0.3, -0.25) is 9.78 Å². The van der Waals surface area contributed by atoms with Gasteiger partial charge in [0.15, 0.2) is 0 Å². The minimum absolute atomic E-state index is 0.0196. The summed E-state index contributed by atoms with van der Waals surface area (Å²) in [5.41, 5.74) is 1.83. The Kier molecular flexibility index (Phi) is 4.09. The second kappa shape index (κ2) is 5.77. The van der Waals surface area contributed by atoms with E-state index in [0.29, 0.717) is 12.6 Å². The lowest BCUT2D eigenvalue weighted by Crippen LogP contribution is -2.34. The summed E-state index contributed by atoms with van der Waals surface area (Å²) in [5.74, 6) is 0.0196. The summed E-state index contributed by atoms with van der Waals surface area (Å²) in [7, 11) is 0. The number of aryl methyl sites for hydroxylation is 1. The number of carbonyl (C=O) groups is 1. The molecule has 0 aromatic carbocycles. The molecule has 92 valence electrons. The molecular weight excluding hydrogens is 214 g/mol. The number of aromatic nitrogens is 1. The Morgan fingerprint density at radius 3 is 2.94 bits per heavy atom. The van der Waals surface area contributed by atoms with Gasteiger partial charge in [0.05, 0.1) is 6.54 Å². The van der Waals surface area contributed by atoms with Crippen LogP contribution < -0.4 is 10.6 Å². The van der Waals surface area contributed by atoms with Crippen molar-refractivity contribution in [1.29, 1.82) is 0 Å². The Hall–Kier alpha value is -1.42. The van der Waals surface area contributed by atoms with Gasteiger partial charge >= 0.3 is 0 Å². The van der Waals surface area contributed by atoms with Gasteiger partial charge in [0.25, 0.3) is 0 Å². The second-order valence-electron chi connectivity index (χ2n) is 4.60. The maximum atomic E-state index is 11.7. The van der Waals surface area contributed by atoms with Crippen molar-refractivity contribution in [3.05, 3.63) is 24.0 Å². The lowest BCUT2D eigenvalue weighted by atomic mass is 10.2. The predicted octanol–water partition coefficient (Wildman–Crippen LogP) is 1.86. The van der Waals surface area contributed by atoms with Crippen LogP contribution in [0, 0.1) is 6.92 Å². The summed E-state index contributed by atoms with van der Waals surface area (Å²) in [6.45, 7) is 2.33. The van der Waals surface area contributed by atoms with E-state index in [1.807, 2.05) is 13.0 Å². The molecule has 0 spiro atoms.